The summed E-state index contributed by atoms with van der Waals surface area (Å²) in [7, 11) is 1.66. The van der Waals surface area contributed by atoms with E-state index >= 15 is 0 Å². The molecule has 0 aliphatic rings. The van der Waals surface area contributed by atoms with Crippen LogP contribution in [0.15, 0.2) is 24.4 Å². The van der Waals surface area contributed by atoms with Crippen LogP contribution in [-0.4, -0.2) is 22.8 Å². The monoisotopic (exact) mass is 275 g/mol. The predicted octanol–water partition coefficient (Wildman–Crippen LogP) is 3.32. The quantitative estimate of drug-likeness (QED) is 0.910. The van der Waals surface area contributed by atoms with Crippen molar-refractivity contribution in [2.45, 2.75) is 33.7 Å². The molecule has 0 bridgehead atoms. The van der Waals surface area contributed by atoms with Crippen LogP contribution in [0.2, 0.25) is 0 Å². The second-order valence-electron chi connectivity index (χ2n) is 5.66. The average molecular weight is 275 g/mol. The van der Waals surface area contributed by atoms with E-state index in [1.807, 2.05) is 24.4 Å². The lowest BCUT2D eigenvalue weighted by atomic mass is 9.86. The van der Waals surface area contributed by atoms with Crippen LogP contribution in [0.4, 0.5) is 0 Å². The van der Waals surface area contributed by atoms with Gasteiger partial charge in [-0.3, -0.25) is 4.79 Å². The van der Waals surface area contributed by atoms with E-state index in [1.165, 1.54) is 0 Å². The van der Waals surface area contributed by atoms with Crippen molar-refractivity contribution in [3.05, 3.63) is 30.0 Å². The normalized spacial score (nSPS) is 11.8. The van der Waals surface area contributed by atoms with E-state index in [0.717, 1.165) is 28.8 Å². The lowest BCUT2D eigenvalue weighted by Crippen LogP contribution is -2.26. The standard InChI is InChI=1S/C16H21NO3/c1-5-17-10-11(9-16(2,3)15(18)19)12-7-6-8-13(20-4)14(12)17/h6-8,10H,5,9H2,1-4H3,(H,18,19). The first-order valence-corrected chi connectivity index (χ1v) is 6.79. The number of rotatable bonds is 5. The Balaban J connectivity index is 2.58. The number of hydrogen-bond acceptors (Lipinski definition) is 2. The summed E-state index contributed by atoms with van der Waals surface area (Å²) in [6.07, 6.45) is 2.54. The number of methoxy groups -OCH3 is 1. The van der Waals surface area contributed by atoms with Gasteiger partial charge in [-0.25, -0.2) is 0 Å². The molecule has 2 aromatic rings. The van der Waals surface area contributed by atoms with Crippen LogP contribution in [0.3, 0.4) is 0 Å². The van der Waals surface area contributed by atoms with Crippen LogP contribution in [0.25, 0.3) is 10.9 Å². The second-order valence-corrected chi connectivity index (χ2v) is 5.66. The Morgan fingerprint density at radius 3 is 2.65 bits per heavy atom. The summed E-state index contributed by atoms with van der Waals surface area (Å²) < 4.78 is 7.54. The number of nitrogens with zero attached hydrogens (tertiary/aromatic N) is 1. The first-order chi connectivity index (χ1) is 9.40. The number of aryl methyl sites for hydroxylation is 1. The van der Waals surface area contributed by atoms with Crippen molar-refractivity contribution < 1.29 is 14.6 Å². The molecular weight excluding hydrogens is 254 g/mol. The molecule has 4 nitrogen and oxygen atoms in total. The first kappa shape index (κ1) is 14.4. The van der Waals surface area contributed by atoms with Gasteiger partial charge in [0.25, 0.3) is 0 Å². The Bertz CT molecular complexity index is 640. The van der Waals surface area contributed by atoms with Gasteiger partial charge in [-0.15, -0.1) is 0 Å². The number of carboxylic acids is 1. The molecule has 0 atom stereocenters. The lowest BCUT2D eigenvalue weighted by molar-refractivity contribution is -0.146. The van der Waals surface area contributed by atoms with Gasteiger partial charge in [0.15, 0.2) is 0 Å². The number of aromatic nitrogens is 1. The van der Waals surface area contributed by atoms with E-state index in [0.29, 0.717) is 6.42 Å². The molecule has 0 radical (unpaired) electrons. The van der Waals surface area contributed by atoms with Gasteiger partial charge in [0, 0.05) is 18.1 Å². The first-order valence-electron chi connectivity index (χ1n) is 6.79. The number of benzene rings is 1. The molecule has 108 valence electrons. The lowest BCUT2D eigenvalue weighted by Gasteiger charge is -2.18. The number of aliphatic carboxylic acids is 1. The molecule has 0 fully saturated rings. The van der Waals surface area contributed by atoms with Gasteiger partial charge >= 0.3 is 5.97 Å². The fourth-order valence-electron chi connectivity index (χ4n) is 2.51. The van der Waals surface area contributed by atoms with Crippen LogP contribution in [0.1, 0.15) is 26.3 Å². The molecule has 0 spiro atoms. The number of para-hydroxylation sites is 1. The molecule has 0 unspecified atom stereocenters. The van der Waals surface area contributed by atoms with E-state index in [4.69, 9.17) is 4.74 Å². The number of fused-ring (bicyclic) bond motifs is 1. The van der Waals surface area contributed by atoms with Crippen molar-refractivity contribution in [3.63, 3.8) is 0 Å². The van der Waals surface area contributed by atoms with Gasteiger partial charge in [0.2, 0.25) is 0 Å². The fourth-order valence-corrected chi connectivity index (χ4v) is 2.51. The molecule has 1 N–H and O–H groups in total. The van der Waals surface area contributed by atoms with Gasteiger partial charge in [0.1, 0.15) is 5.75 Å². The molecule has 2 rings (SSSR count). The average Bonchev–Trinajstić information content (AvgIpc) is 2.76. The Hall–Kier alpha value is -1.97. The van der Waals surface area contributed by atoms with Crippen molar-refractivity contribution >= 4 is 16.9 Å². The molecule has 20 heavy (non-hydrogen) atoms. The van der Waals surface area contributed by atoms with Crippen molar-refractivity contribution in [2.24, 2.45) is 5.41 Å². The number of carboxylic acid groups (broad SMARTS) is 1. The highest BCUT2D eigenvalue weighted by Gasteiger charge is 2.29. The van der Waals surface area contributed by atoms with E-state index in [9.17, 15) is 9.90 Å². The minimum absolute atomic E-state index is 0.499. The van der Waals surface area contributed by atoms with Crippen molar-refractivity contribution in [3.8, 4) is 5.75 Å². The van der Waals surface area contributed by atoms with Gasteiger partial charge in [0.05, 0.1) is 18.0 Å². The zero-order valence-electron chi connectivity index (χ0n) is 12.4. The van der Waals surface area contributed by atoms with Crippen LogP contribution in [0.5, 0.6) is 5.75 Å². The van der Waals surface area contributed by atoms with E-state index in [1.54, 1.807) is 21.0 Å². The smallest absolute Gasteiger partial charge is 0.309 e. The van der Waals surface area contributed by atoms with Crippen LogP contribution in [-0.2, 0) is 17.8 Å². The summed E-state index contributed by atoms with van der Waals surface area (Å²) in [6.45, 7) is 6.40. The minimum Gasteiger partial charge on any atom is -0.495 e. The third-order valence-electron chi connectivity index (χ3n) is 3.72. The predicted molar refractivity (Wildman–Crippen MR) is 79.3 cm³/mol. The van der Waals surface area contributed by atoms with Gasteiger partial charge < -0.3 is 14.4 Å². The summed E-state index contributed by atoms with van der Waals surface area (Å²) in [5.41, 5.74) is 1.30. The van der Waals surface area contributed by atoms with Gasteiger partial charge in [-0.1, -0.05) is 12.1 Å². The van der Waals surface area contributed by atoms with Gasteiger partial charge in [-0.2, -0.15) is 0 Å². The number of hydrogen-bond donors (Lipinski definition) is 1. The summed E-state index contributed by atoms with van der Waals surface area (Å²) in [4.78, 5) is 11.3. The van der Waals surface area contributed by atoms with Gasteiger partial charge in [-0.05, 0) is 38.8 Å². The highest BCUT2D eigenvalue weighted by atomic mass is 16.5. The summed E-state index contributed by atoms with van der Waals surface area (Å²) in [5.74, 6) is 0.0431. The Morgan fingerprint density at radius 2 is 2.10 bits per heavy atom. The van der Waals surface area contributed by atoms with Crippen LogP contribution in [0, 0.1) is 5.41 Å². The van der Waals surface area contributed by atoms with Crippen LogP contribution < -0.4 is 4.74 Å². The summed E-state index contributed by atoms with van der Waals surface area (Å²) in [5, 5.41) is 10.4. The maximum Gasteiger partial charge on any atom is 0.309 e. The maximum atomic E-state index is 11.3. The molecule has 1 aromatic heterocycles. The molecule has 0 saturated heterocycles. The molecule has 1 heterocycles. The molecule has 0 amide bonds. The Labute approximate surface area is 119 Å². The highest BCUT2D eigenvalue weighted by molar-refractivity contribution is 5.90. The van der Waals surface area contributed by atoms with E-state index in [-0.39, 0.29) is 0 Å². The SMILES string of the molecule is CCn1cc(CC(C)(C)C(=O)O)c2cccc(OC)c21. The molecule has 4 heteroatoms. The molecule has 0 aliphatic carbocycles. The van der Waals surface area contributed by atoms with E-state index < -0.39 is 11.4 Å². The molecule has 1 aromatic carbocycles. The molecule has 0 saturated carbocycles. The summed E-state index contributed by atoms with van der Waals surface area (Å²) >= 11 is 0. The Kier molecular flexibility index (Phi) is 3.75. The zero-order valence-corrected chi connectivity index (χ0v) is 12.4. The topological polar surface area (TPSA) is 51.5 Å². The number of ether oxygens (including phenoxy) is 1. The zero-order chi connectivity index (χ0) is 14.9. The largest absolute Gasteiger partial charge is 0.495 e. The Morgan fingerprint density at radius 1 is 1.40 bits per heavy atom. The number of carbonyl (C=O) groups is 1. The summed E-state index contributed by atoms with van der Waals surface area (Å²) in [6, 6.07) is 5.90. The third kappa shape index (κ3) is 2.38. The molecular formula is C16H21NO3. The van der Waals surface area contributed by atoms with Crippen molar-refractivity contribution in [1.82, 2.24) is 4.57 Å². The van der Waals surface area contributed by atoms with E-state index in [2.05, 4.69) is 11.5 Å². The maximum absolute atomic E-state index is 11.3. The third-order valence-corrected chi connectivity index (χ3v) is 3.72. The van der Waals surface area contributed by atoms with Crippen LogP contribution >= 0.6 is 0 Å². The molecule has 0 aliphatic heterocycles. The van der Waals surface area contributed by atoms with Crippen molar-refractivity contribution in [2.75, 3.05) is 7.11 Å². The fraction of sp³-hybridized carbons (Fsp3) is 0.438. The van der Waals surface area contributed by atoms with Crippen molar-refractivity contribution in [1.29, 1.82) is 0 Å². The minimum atomic E-state index is -0.782. The highest BCUT2D eigenvalue weighted by Crippen LogP contribution is 2.33. The second kappa shape index (κ2) is 5.19.